The summed E-state index contributed by atoms with van der Waals surface area (Å²) in [7, 11) is 0. The van der Waals surface area contributed by atoms with Gasteiger partial charge in [0.15, 0.2) is 0 Å². The Morgan fingerprint density at radius 2 is 1.00 bits per heavy atom. The quantitative estimate of drug-likeness (QED) is 0.409. The smallest absolute Gasteiger partial charge is 0.135 e. The molecule has 0 saturated carbocycles. The van der Waals surface area contributed by atoms with Crippen molar-refractivity contribution in [1.29, 1.82) is 0 Å². The molecule has 6 rings (SSSR count). The molecular formula is C23H16O3. The molecule has 0 fully saturated rings. The van der Waals surface area contributed by atoms with Crippen LogP contribution in [-0.4, -0.2) is 0 Å². The van der Waals surface area contributed by atoms with Crippen molar-refractivity contribution in [1.82, 2.24) is 0 Å². The van der Waals surface area contributed by atoms with Gasteiger partial charge in [-0.15, -0.1) is 6.58 Å². The monoisotopic (exact) mass is 340 g/mol. The van der Waals surface area contributed by atoms with Crippen LogP contribution in [0.3, 0.4) is 0 Å². The number of allylic oxidation sites excluding steroid dienone is 1. The van der Waals surface area contributed by atoms with Crippen molar-refractivity contribution in [3.8, 4) is 34.5 Å². The lowest BCUT2D eigenvalue weighted by Gasteiger charge is -2.47. The van der Waals surface area contributed by atoms with Gasteiger partial charge in [0.05, 0.1) is 22.1 Å². The minimum absolute atomic E-state index is 0.341. The number of rotatable bonds is 3. The summed E-state index contributed by atoms with van der Waals surface area (Å²) >= 11 is 0. The van der Waals surface area contributed by atoms with Gasteiger partial charge in [-0.3, -0.25) is 0 Å². The first-order chi connectivity index (χ1) is 12.8. The van der Waals surface area contributed by atoms with Crippen LogP contribution in [-0.2, 0) is 5.41 Å². The van der Waals surface area contributed by atoms with Crippen molar-refractivity contribution in [2.24, 2.45) is 0 Å². The molecule has 0 aliphatic carbocycles. The summed E-state index contributed by atoms with van der Waals surface area (Å²) in [5.74, 6) is 5.16. The van der Waals surface area contributed by atoms with Crippen LogP contribution >= 0.6 is 0 Å². The molecule has 3 heterocycles. The highest BCUT2D eigenvalue weighted by Gasteiger charge is 2.54. The Bertz CT molecular complexity index is 906. The second-order valence-corrected chi connectivity index (χ2v) is 6.93. The summed E-state index contributed by atoms with van der Waals surface area (Å²) in [6.45, 7) is 3.96. The third-order valence-electron chi connectivity index (χ3n) is 5.63. The fraction of sp³-hybridized carbons (Fsp3) is 0.130. The van der Waals surface area contributed by atoms with Gasteiger partial charge < -0.3 is 14.2 Å². The Balaban J connectivity index is 1.82. The van der Waals surface area contributed by atoms with E-state index in [1.807, 2.05) is 60.7 Å². The third kappa shape index (κ3) is 1.50. The highest BCUT2D eigenvalue weighted by atomic mass is 16.5. The van der Waals surface area contributed by atoms with E-state index in [4.69, 9.17) is 14.2 Å². The maximum absolute atomic E-state index is 6.27. The van der Waals surface area contributed by atoms with Crippen molar-refractivity contribution in [2.75, 3.05) is 0 Å². The summed E-state index contributed by atoms with van der Waals surface area (Å²) in [5.41, 5.74) is 2.97. The van der Waals surface area contributed by atoms with Gasteiger partial charge in [0.25, 0.3) is 0 Å². The molecule has 0 atom stereocenters. The fourth-order valence-corrected chi connectivity index (χ4v) is 4.73. The van der Waals surface area contributed by atoms with Crippen molar-refractivity contribution < 1.29 is 14.2 Å². The van der Waals surface area contributed by atoms with Crippen LogP contribution in [0.2, 0.25) is 0 Å². The molecule has 0 unspecified atom stereocenters. The van der Waals surface area contributed by atoms with Crippen LogP contribution in [0.1, 0.15) is 29.5 Å². The van der Waals surface area contributed by atoms with Gasteiger partial charge in [0, 0.05) is 0 Å². The fourth-order valence-electron chi connectivity index (χ4n) is 4.73. The number of hydrogen-bond donors (Lipinski definition) is 0. The van der Waals surface area contributed by atoms with E-state index >= 15 is 0 Å². The average molecular weight is 340 g/mol. The van der Waals surface area contributed by atoms with Crippen LogP contribution in [0.15, 0.2) is 67.3 Å². The zero-order chi connectivity index (χ0) is 17.3. The highest BCUT2D eigenvalue weighted by Crippen LogP contribution is 2.67. The molecule has 3 aliphatic heterocycles. The van der Waals surface area contributed by atoms with Crippen LogP contribution in [0, 0.1) is 0 Å². The van der Waals surface area contributed by atoms with Gasteiger partial charge in [0.2, 0.25) is 0 Å². The Morgan fingerprint density at radius 1 is 0.654 bits per heavy atom. The van der Waals surface area contributed by atoms with E-state index < -0.39 is 0 Å². The van der Waals surface area contributed by atoms with Crippen LogP contribution in [0.25, 0.3) is 0 Å². The minimum atomic E-state index is -0.341. The molecule has 126 valence electrons. The summed E-state index contributed by atoms with van der Waals surface area (Å²) in [6, 6.07) is 18.1. The Labute approximate surface area is 151 Å². The molecule has 3 heteroatoms. The van der Waals surface area contributed by atoms with Gasteiger partial charge in [-0.2, -0.15) is 0 Å². The normalized spacial score (nSPS) is 15.8. The Hall–Kier alpha value is -3.20. The predicted octanol–water partition coefficient (Wildman–Crippen LogP) is 6.30. The number of benzene rings is 3. The standard InChI is InChI=1S/C23H16O3/c1-2-3-13-23-20-14-7-4-8-15(20)25-17-10-6-12-19(22(17)23)26-18-11-5-9-16(24-14)21(18)23/h2,4-12H,1,3,13H2. The second-order valence-electron chi connectivity index (χ2n) is 6.93. The van der Waals surface area contributed by atoms with E-state index in [0.29, 0.717) is 0 Å². The van der Waals surface area contributed by atoms with E-state index in [1.165, 1.54) is 0 Å². The number of hydrogen-bond acceptors (Lipinski definition) is 3. The maximum atomic E-state index is 6.27. The molecule has 0 spiro atoms. The molecule has 0 bridgehead atoms. The second kappa shape index (κ2) is 4.70. The molecule has 3 aliphatic rings. The molecule has 0 radical (unpaired) electrons. The van der Waals surface area contributed by atoms with Gasteiger partial charge in [-0.1, -0.05) is 24.3 Å². The van der Waals surface area contributed by atoms with E-state index in [-0.39, 0.29) is 5.41 Å². The molecule has 26 heavy (non-hydrogen) atoms. The van der Waals surface area contributed by atoms with E-state index in [1.54, 1.807) is 0 Å². The van der Waals surface area contributed by atoms with Gasteiger partial charge >= 0.3 is 0 Å². The molecule has 0 amide bonds. The molecule has 0 saturated heterocycles. The first kappa shape index (κ1) is 14.0. The molecule has 0 N–H and O–H groups in total. The van der Waals surface area contributed by atoms with Gasteiger partial charge in [-0.25, -0.2) is 0 Å². The zero-order valence-corrected chi connectivity index (χ0v) is 14.1. The summed E-state index contributed by atoms with van der Waals surface area (Å²) < 4.78 is 18.8. The van der Waals surface area contributed by atoms with Crippen molar-refractivity contribution in [3.63, 3.8) is 0 Å². The molecule has 0 aromatic heterocycles. The predicted molar refractivity (Wildman–Crippen MR) is 98.9 cm³/mol. The molecule has 3 aromatic carbocycles. The lowest BCUT2D eigenvalue weighted by atomic mass is 9.62. The van der Waals surface area contributed by atoms with E-state index in [0.717, 1.165) is 64.0 Å². The summed E-state index contributed by atoms with van der Waals surface area (Å²) in [6.07, 6.45) is 3.76. The Kier molecular flexibility index (Phi) is 2.53. The lowest BCUT2D eigenvalue weighted by Crippen LogP contribution is -2.38. The third-order valence-corrected chi connectivity index (χ3v) is 5.63. The zero-order valence-electron chi connectivity index (χ0n) is 14.1. The van der Waals surface area contributed by atoms with Crippen LogP contribution in [0.5, 0.6) is 34.5 Å². The first-order valence-electron chi connectivity index (χ1n) is 8.88. The Morgan fingerprint density at radius 3 is 1.31 bits per heavy atom. The maximum Gasteiger partial charge on any atom is 0.135 e. The van der Waals surface area contributed by atoms with E-state index in [2.05, 4.69) is 6.58 Å². The SMILES string of the molecule is C=CCCC12c3c4cccc3Oc3cccc(c31)Oc1cccc(c12)O4. The first-order valence-corrected chi connectivity index (χ1v) is 8.88. The highest BCUT2D eigenvalue weighted by molar-refractivity contribution is 5.78. The van der Waals surface area contributed by atoms with Crippen LogP contribution < -0.4 is 14.2 Å². The topological polar surface area (TPSA) is 27.7 Å². The van der Waals surface area contributed by atoms with E-state index in [9.17, 15) is 0 Å². The molecular weight excluding hydrogens is 324 g/mol. The molecule has 3 nitrogen and oxygen atoms in total. The summed E-state index contributed by atoms with van der Waals surface area (Å²) in [5, 5.41) is 0. The van der Waals surface area contributed by atoms with Crippen molar-refractivity contribution >= 4 is 0 Å². The summed E-state index contributed by atoms with van der Waals surface area (Å²) in [4.78, 5) is 0. The van der Waals surface area contributed by atoms with Gasteiger partial charge in [0.1, 0.15) is 34.5 Å². The van der Waals surface area contributed by atoms with Gasteiger partial charge in [-0.05, 0) is 49.2 Å². The number of ether oxygens (including phenoxy) is 3. The van der Waals surface area contributed by atoms with Crippen molar-refractivity contribution in [3.05, 3.63) is 83.9 Å². The van der Waals surface area contributed by atoms with Crippen LogP contribution in [0.4, 0.5) is 0 Å². The largest absolute Gasteiger partial charge is 0.456 e. The average Bonchev–Trinajstić information content (AvgIpc) is 2.66. The molecule has 3 aromatic rings. The lowest BCUT2D eigenvalue weighted by molar-refractivity contribution is 0.318. The minimum Gasteiger partial charge on any atom is -0.456 e. The van der Waals surface area contributed by atoms with Crippen molar-refractivity contribution in [2.45, 2.75) is 18.3 Å².